The SMILES string of the molecule is CCn1ncc(-c2ccnc3cc(C(=O)Nc4ccc(S(=O)(=O)Nc5ncccn5)cc4)nn23)c1C. The molecular weight excluding hydrogens is 482 g/mol. The molecule has 1 aromatic carbocycles. The monoisotopic (exact) mass is 503 g/mol. The number of rotatable bonds is 7. The predicted octanol–water partition coefficient (Wildman–Crippen LogP) is 2.76. The molecule has 0 aliphatic rings. The molecule has 0 aliphatic heterocycles. The van der Waals surface area contributed by atoms with Crippen molar-refractivity contribution >= 4 is 33.2 Å². The highest BCUT2D eigenvalue weighted by atomic mass is 32.2. The molecular formula is C23H21N9O3S. The Bertz CT molecular complexity index is 1660. The lowest BCUT2D eigenvalue weighted by Crippen LogP contribution is -2.15. The lowest BCUT2D eigenvalue weighted by atomic mass is 10.2. The van der Waals surface area contributed by atoms with E-state index in [0.29, 0.717) is 11.3 Å². The Kier molecular flexibility index (Phi) is 5.90. The van der Waals surface area contributed by atoms with E-state index in [1.54, 1.807) is 29.0 Å². The Hall–Kier alpha value is -4.65. The van der Waals surface area contributed by atoms with Crippen molar-refractivity contribution in [2.45, 2.75) is 25.3 Å². The highest BCUT2D eigenvalue weighted by Crippen LogP contribution is 2.24. The van der Waals surface area contributed by atoms with Crippen LogP contribution in [0.15, 0.2) is 72.1 Å². The Morgan fingerprint density at radius 3 is 2.47 bits per heavy atom. The Balaban J connectivity index is 1.36. The minimum absolute atomic E-state index is 0.00230. The molecule has 1 amide bonds. The van der Waals surface area contributed by atoms with Gasteiger partial charge in [-0.3, -0.25) is 9.48 Å². The van der Waals surface area contributed by atoms with Gasteiger partial charge in [-0.05, 0) is 50.2 Å². The Morgan fingerprint density at radius 2 is 1.78 bits per heavy atom. The molecule has 0 bridgehead atoms. The number of carbonyl (C=O) groups is 1. The van der Waals surface area contributed by atoms with Crippen molar-refractivity contribution < 1.29 is 13.2 Å². The molecule has 36 heavy (non-hydrogen) atoms. The van der Waals surface area contributed by atoms with Crippen LogP contribution in [-0.2, 0) is 16.6 Å². The van der Waals surface area contributed by atoms with Gasteiger partial charge in [-0.15, -0.1) is 0 Å². The number of aromatic nitrogens is 7. The van der Waals surface area contributed by atoms with Crippen LogP contribution in [0.5, 0.6) is 0 Å². The van der Waals surface area contributed by atoms with Gasteiger partial charge in [0.15, 0.2) is 11.3 Å². The van der Waals surface area contributed by atoms with Crippen molar-refractivity contribution in [3.63, 3.8) is 0 Å². The third-order valence-electron chi connectivity index (χ3n) is 5.48. The number of hydrogen-bond donors (Lipinski definition) is 2. The van der Waals surface area contributed by atoms with Crippen LogP contribution in [0, 0.1) is 6.92 Å². The van der Waals surface area contributed by atoms with Crippen molar-refractivity contribution in [1.82, 2.24) is 34.3 Å². The first-order valence-electron chi connectivity index (χ1n) is 10.9. The maximum absolute atomic E-state index is 12.9. The molecule has 0 aliphatic carbocycles. The first-order chi connectivity index (χ1) is 17.4. The normalized spacial score (nSPS) is 11.5. The van der Waals surface area contributed by atoms with Gasteiger partial charge in [0.2, 0.25) is 5.95 Å². The van der Waals surface area contributed by atoms with Crippen molar-refractivity contribution in [3.8, 4) is 11.3 Å². The number of hydrogen-bond acceptors (Lipinski definition) is 8. The van der Waals surface area contributed by atoms with Crippen LogP contribution in [0.25, 0.3) is 16.9 Å². The average Bonchev–Trinajstić information content (AvgIpc) is 3.48. The van der Waals surface area contributed by atoms with Crippen LogP contribution in [0.3, 0.4) is 0 Å². The zero-order valence-electron chi connectivity index (χ0n) is 19.3. The van der Waals surface area contributed by atoms with Crippen LogP contribution in [-0.4, -0.2) is 48.7 Å². The summed E-state index contributed by atoms with van der Waals surface area (Å²) in [5, 5.41) is 11.6. The van der Waals surface area contributed by atoms with E-state index in [2.05, 4.69) is 35.2 Å². The molecule has 5 aromatic rings. The van der Waals surface area contributed by atoms with E-state index >= 15 is 0 Å². The van der Waals surface area contributed by atoms with Gasteiger partial charge < -0.3 is 5.32 Å². The number of sulfonamides is 1. The van der Waals surface area contributed by atoms with Gasteiger partial charge in [0.25, 0.3) is 15.9 Å². The van der Waals surface area contributed by atoms with Crippen LogP contribution >= 0.6 is 0 Å². The number of fused-ring (bicyclic) bond motifs is 1. The number of anilines is 2. The average molecular weight is 504 g/mol. The highest BCUT2D eigenvalue weighted by molar-refractivity contribution is 7.92. The molecule has 12 nitrogen and oxygen atoms in total. The second-order valence-electron chi connectivity index (χ2n) is 7.75. The van der Waals surface area contributed by atoms with Crippen LogP contribution in [0.1, 0.15) is 23.1 Å². The zero-order chi connectivity index (χ0) is 25.3. The Labute approximate surface area is 206 Å². The summed E-state index contributed by atoms with van der Waals surface area (Å²) >= 11 is 0. The molecule has 2 N–H and O–H groups in total. The molecule has 0 saturated carbocycles. The van der Waals surface area contributed by atoms with E-state index in [9.17, 15) is 13.2 Å². The molecule has 0 saturated heterocycles. The van der Waals surface area contributed by atoms with E-state index in [4.69, 9.17) is 0 Å². The number of benzene rings is 1. The summed E-state index contributed by atoms with van der Waals surface area (Å²) in [5.41, 5.74) is 3.72. The van der Waals surface area contributed by atoms with Gasteiger partial charge in [-0.1, -0.05) is 0 Å². The van der Waals surface area contributed by atoms with Crippen molar-refractivity contribution in [2.24, 2.45) is 0 Å². The number of amides is 1. The summed E-state index contributed by atoms with van der Waals surface area (Å²) in [5.74, 6) is -0.495. The van der Waals surface area contributed by atoms with Crippen molar-refractivity contribution in [2.75, 3.05) is 10.0 Å². The third-order valence-corrected chi connectivity index (χ3v) is 6.83. The van der Waals surface area contributed by atoms with Crippen LogP contribution < -0.4 is 10.0 Å². The fourth-order valence-corrected chi connectivity index (χ4v) is 4.63. The number of nitrogens with one attached hydrogen (secondary N) is 2. The zero-order valence-corrected chi connectivity index (χ0v) is 20.1. The largest absolute Gasteiger partial charge is 0.321 e. The summed E-state index contributed by atoms with van der Waals surface area (Å²) in [6.07, 6.45) is 6.29. The fraction of sp³-hybridized carbons (Fsp3) is 0.130. The topological polar surface area (TPSA) is 149 Å². The van der Waals surface area contributed by atoms with E-state index in [-0.39, 0.29) is 16.5 Å². The first-order valence-corrected chi connectivity index (χ1v) is 12.4. The maximum atomic E-state index is 12.9. The fourth-order valence-electron chi connectivity index (χ4n) is 3.67. The lowest BCUT2D eigenvalue weighted by Gasteiger charge is -2.08. The van der Waals surface area contributed by atoms with Crippen molar-refractivity contribution in [1.29, 1.82) is 0 Å². The second-order valence-corrected chi connectivity index (χ2v) is 9.43. The van der Waals surface area contributed by atoms with Gasteiger partial charge >= 0.3 is 0 Å². The van der Waals surface area contributed by atoms with Gasteiger partial charge in [-0.2, -0.15) is 10.2 Å². The maximum Gasteiger partial charge on any atom is 0.276 e. The summed E-state index contributed by atoms with van der Waals surface area (Å²) in [7, 11) is -3.88. The van der Waals surface area contributed by atoms with Gasteiger partial charge in [0.05, 0.1) is 16.8 Å². The first kappa shape index (κ1) is 23.1. The van der Waals surface area contributed by atoms with Gasteiger partial charge in [0.1, 0.15) is 0 Å². The molecule has 182 valence electrons. The molecule has 5 rings (SSSR count). The standard InChI is InChI=1S/C23H21N9O3S/c1-3-31-15(2)18(14-27-31)20-9-12-24-21-13-19(29-32(20)21)22(33)28-16-5-7-17(8-6-16)36(34,35)30-23-25-10-4-11-26-23/h4-14H,3H2,1-2H3,(H,28,33)(H,25,26,30). The van der Waals surface area contributed by atoms with Gasteiger partial charge in [0, 0.05) is 48.1 Å². The van der Waals surface area contributed by atoms with Crippen LogP contribution in [0.4, 0.5) is 11.6 Å². The highest BCUT2D eigenvalue weighted by Gasteiger charge is 2.18. The Morgan fingerprint density at radius 1 is 1.03 bits per heavy atom. The summed E-state index contributed by atoms with van der Waals surface area (Å²) in [6.45, 7) is 4.73. The lowest BCUT2D eigenvalue weighted by molar-refractivity contribution is 0.102. The summed E-state index contributed by atoms with van der Waals surface area (Å²) in [4.78, 5) is 24.9. The van der Waals surface area contributed by atoms with Crippen LogP contribution in [0.2, 0.25) is 0 Å². The van der Waals surface area contributed by atoms with E-state index in [0.717, 1.165) is 23.5 Å². The van der Waals surface area contributed by atoms with Crippen molar-refractivity contribution in [3.05, 3.63) is 78.6 Å². The quantitative estimate of drug-likeness (QED) is 0.344. The van der Waals surface area contributed by atoms with E-state index in [1.165, 1.54) is 36.7 Å². The summed E-state index contributed by atoms with van der Waals surface area (Å²) in [6, 6.07) is 10.7. The molecule has 4 heterocycles. The molecule has 0 fully saturated rings. The summed E-state index contributed by atoms with van der Waals surface area (Å²) < 4.78 is 30.9. The molecule has 0 unspecified atom stereocenters. The number of nitrogens with zero attached hydrogens (tertiary/aromatic N) is 7. The molecule has 0 atom stereocenters. The second kappa shape index (κ2) is 9.19. The number of aryl methyl sites for hydroxylation is 1. The van der Waals surface area contributed by atoms with Gasteiger partial charge in [-0.25, -0.2) is 32.6 Å². The van der Waals surface area contributed by atoms with E-state index < -0.39 is 15.9 Å². The minimum Gasteiger partial charge on any atom is -0.321 e. The molecule has 13 heteroatoms. The smallest absolute Gasteiger partial charge is 0.276 e. The molecule has 0 spiro atoms. The third kappa shape index (κ3) is 4.38. The minimum atomic E-state index is -3.88. The molecule has 4 aromatic heterocycles. The molecule has 0 radical (unpaired) electrons. The van der Waals surface area contributed by atoms with E-state index in [1.807, 2.05) is 24.6 Å². The number of carbonyl (C=O) groups excluding carboxylic acids is 1. The predicted molar refractivity (Wildman–Crippen MR) is 132 cm³/mol.